The van der Waals surface area contributed by atoms with Crippen LogP contribution >= 0.6 is 11.6 Å². The van der Waals surface area contributed by atoms with E-state index in [1.54, 1.807) is 25.1 Å². The Bertz CT molecular complexity index is 677. The Morgan fingerprint density at radius 2 is 1.96 bits per heavy atom. The Hall–Kier alpha value is -1.59. The number of carbonyl (C=O) groups excluding carboxylic acids is 2. The van der Waals surface area contributed by atoms with Crippen LogP contribution < -0.4 is 0 Å². The average molecular weight is 364 g/mol. The Labute approximate surface area is 154 Å². The van der Waals surface area contributed by atoms with E-state index in [2.05, 4.69) is 4.90 Å². The van der Waals surface area contributed by atoms with Crippen molar-refractivity contribution in [3.05, 3.63) is 34.3 Å². The Morgan fingerprint density at radius 3 is 2.64 bits per heavy atom. The highest BCUT2D eigenvalue weighted by Crippen LogP contribution is 2.29. The maximum atomic E-state index is 13.0. The number of hydrogen-bond acceptors (Lipinski definition) is 3. The van der Waals surface area contributed by atoms with Crippen LogP contribution in [0, 0.1) is 12.8 Å². The smallest absolute Gasteiger partial charge is 0.254 e. The fraction of sp³-hybridized carbons (Fsp3) is 0.579. The molecule has 6 heteroatoms. The molecule has 5 nitrogen and oxygen atoms in total. The van der Waals surface area contributed by atoms with Gasteiger partial charge in [0, 0.05) is 50.4 Å². The fourth-order valence-corrected chi connectivity index (χ4v) is 3.95. The van der Waals surface area contributed by atoms with E-state index in [0.717, 1.165) is 38.0 Å². The van der Waals surface area contributed by atoms with Crippen molar-refractivity contribution in [1.29, 1.82) is 0 Å². The Balaban J connectivity index is 1.75. The van der Waals surface area contributed by atoms with Gasteiger partial charge in [-0.2, -0.15) is 0 Å². The van der Waals surface area contributed by atoms with Gasteiger partial charge in [0.2, 0.25) is 5.91 Å². The molecule has 3 aliphatic rings. The summed E-state index contributed by atoms with van der Waals surface area (Å²) in [5, 5.41) is 0.683. The molecule has 2 amide bonds. The lowest BCUT2D eigenvalue weighted by Crippen LogP contribution is -2.47. The minimum atomic E-state index is 0.0789. The number of aryl methyl sites for hydroxylation is 1. The van der Waals surface area contributed by atoms with Gasteiger partial charge in [0.15, 0.2) is 0 Å². The van der Waals surface area contributed by atoms with Crippen molar-refractivity contribution in [1.82, 2.24) is 14.7 Å². The molecule has 1 aromatic rings. The van der Waals surface area contributed by atoms with Gasteiger partial charge in [0.05, 0.1) is 6.54 Å². The molecule has 3 fully saturated rings. The molecular weight excluding hydrogens is 338 g/mol. The molecule has 2 bridgehead atoms. The third kappa shape index (κ3) is 3.98. The summed E-state index contributed by atoms with van der Waals surface area (Å²) in [4.78, 5) is 30.9. The second-order valence-electron chi connectivity index (χ2n) is 7.50. The molecule has 0 spiro atoms. The van der Waals surface area contributed by atoms with Gasteiger partial charge in [-0.05, 0) is 49.4 Å². The van der Waals surface area contributed by atoms with E-state index in [1.807, 2.05) is 24.0 Å². The maximum Gasteiger partial charge on any atom is 0.254 e. The zero-order valence-electron chi connectivity index (χ0n) is 15.2. The van der Waals surface area contributed by atoms with Crippen LogP contribution in [0.15, 0.2) is 18.2 Å². The molecule has 1 aromatic carbocycles. The standard InChI is InChI=1S/C19H26ClN3O2/c1-13-8-15(5-7-17(13)20)19(25)23-10-14-4-6-16(23)11-22(9-14)12-18(24)21(2)3/h5,7-8,14,16H,4,6,9-12H2,1-3H3/t14-,16+/m1/s1. The number of nitrogens with zero attached hydrogens (tertiary/aromatic N) is 3. The van der Waals surface area contributed by atoms with E-state index in [4.69, 9.17) is 11.6 Å². The van der Waals surface area contributed by atoms with Gasteiger partial charge in [-0.15, -0.1) is 0 Å². The molecule has 25 heavy (non-hydrogen) atoms. The average Bonchev–Trinajstić information content (AvgIpc) is 2.87. The van der Waals surface area contributed by atoms with Crippen molar-refractivity contribution in [2.75, 3.05) is 40.3 Å². The second kappa shape index (κ2) is 7.34. The number of carbonyl (C=O) groups is 2. The first-order valence-corrected chi connectivity index (χ1v) is 9.22. The van der Waals surface area contributed by atoms with Crippen molar-refractivity contribution in [3.63, 3.8) is 0 Å². The van der Waals surface area contributed by atoms with E-state index in [1.165, 1.54) is 0 Å². The van der Waals surface area contributed by atoms with Gasteiger partial charge in [-0.25, -0.2) is 0 Å². The molecule has 0 saturated carbocycles. The van der Waals surface area contributed by atoms with Gasteiger partial charge in [-0.3, -0.25) is 14.5 Å². The van der Waals surface area contributed by atoms with E-state index < -0.39 is 0 Å². The number of likely N-dealkylation sites (N-methyl/N-ethyl adjacent to an activating group) is 1. The molecular formula is C19H26ClN3O2. The van der Waals surface area contributed by atoms with E-state index in [-0.39, 0.29) is 17.9 Å². The number of benzene rings is 1. The van der Waals surface area contributed by atoms with Crippen molar-refractivity contribution in [2.24, 2.45) is 5.92 Å². The number of halogens is 1. The summed E-state index contributed by atoms with van der Waals surface area (Å²) in [6, 6.07) is 5.65. The van der Waals surface area contributed by atoms with Crippen LogP contribution in [0.1, 0.15) is 28.8 Å². The van der Waals surface area contributed by atoms with Gasteiger partial charge < -0.3 is 9.80 Å². The van der Waals surface area contributed by atoms with Crippen molar-refractivity contribution in [2.45, 2.75) is 25.8 Å². The summed E-state index contributed by atoms with van der Waals surface area (Å²) in [5.41, 5.74) is 1.62. The zero-order chi connectivity index (χ0) is 18.1. The number of hydrogen-bond donors (Lipinski definition) is 0. The number of piperidine rings is 1. The third-order valence-electron chi connectivity index (χ3n) is 5.31. The van der Waals surface area contributed by atoms with E-state index in [0.29, 0.717) is 23.0 Å². The minimum Gasteiger partial charge on any atom is -0.348 e. The predicted molar refractivity (Wildman–Crippen MR) is 98.9 cm³/mol. The highest BCUT2D eigenvalue weighted by atomic mass is 35.5. The van der Waals surface area contributed by atoms with Crippen molar-refractivity contribution < 1.29 is 9.59 Å². The van der Waals surface area contributed by atoms with Crippen LogP contribution in [0.25, 0.3) is 0 Å². The Kier molecular flexibility index (Phi) is 5.35. The molecule has 3 saturated heterocycles. The molecule has 0 radical (unpaired) electrons. The molecule has 0 unspecified atom stereocenters. The zero-order valence-corrected chi connectivity index (χ0v) is 15.9. The highest BCUT2D eigenvalue weighted by molar-refractivity contribution is 6.31. The number of rotatable bonds is 3. The highest BCUT2D eigenvalue weighted by Gasteiger charge is 2.38. The summed E-state index contributed by atoms with van der Waals surface area (Å²) >= 11 is 6.09. The largest absolute Gasteiger partial charge is 0.348 e. The van der Waals surface area contributed by atoms with Crippen LogP contribution in [0.2, 0.25) is 5.02 Å². The first-order chi connectivity index (χ1) is 11.8. The predicted octanol–water partition coefficient (Wildman–Crippen LogP) is 2.27. The summed E-state index contributed by atoms with van der Waals surface area (Å²) in [7, 11) is 3.57. The van der Waals surface area contributed by atoms with Gasteiger partial charge in [0.25, 0.3) is 5.91 Å². The molecule has 2 atom stereocenters. The first-order valence-electron chi connectivity index (χ1n) is 8.84. The SMILES string of the molecule is Cc1cc(C(=O)N2C[C@@H]3CC[C@H]2CN(CC(=O)N(C)C)C3)ccc1Cl. The summed E-state index contributed by atoms with van der Waals surface area (Å²) in [6.07, 6.45) is 2.14. The normalized spacial score (nSPS) is 23.4. The lowest BCUT2D eigenvalue weighted by molar-refractivity contribution is -0.129. The van der Waals surface area contributed by atoms with Crippen LogP contribution in [0.4, 0.5) is 0 Å². The molecule has 136 valence electrons. The summed E-state index contributed by atoms with van der Waals surface area (Å²) in [5.74, 6) is 0.633. The second-order valence-corrected chi connectivity index (χ2v) is 7.91. The van der Waals surface area contributed by atoms with Gasteiger partial charge in [-0.1, -0.05) is 11.6 Å². The first kappa shape index (κ1) is 18.2. The van der Waals surface area contributed by atoms with Gasteiger partial charge >= 0.3 is 0 Å². The van der Waals surface area contributed by atoms with Crippen LogP contribution in [-0.4, -0.2) is 72.8 Å². The monoisotopic (exact) mass is 363 g/mol. The lowest BCUT2D eigenvalue weighted by Gasteiger charge is -2.36. The molecule has 0 aromatic heterocycles. The quantitative estimate of drug-likeness (QED) is 0.827. The van der Waals surface area contributed by atoms with Crippen LogP contribution in [0.3, 0.4) is 0 Å². The lowest BCUT2D eigenvalue weighted by atomic mass is 9.94. The summed E-state index contributed by atoms with van der Waals surface area (Å²) in [6.45, 7) is 4.79. The fourth-order valence-electron chi connectivity index (χ4n) is 3.83. The molecule has 0 aliphatic carbocycles. The van der Waals surface area contributed by atoms with E-state index >= 15 is 0 Å². The third-order valence-corrected chi connectivity index (χ3v) is 5.74. The summed E-state index contributed by atoms with van der Waals surface area (Å²) < 4.78 is 0. The maximum absolute atomic E-state index is 13.0. The Morgan fingerprint density at radius 1 is 1.20 bits per heavy atom. The number of fused-ring (bicyclic) bond motifs is 4. The van der Waals surface area contributed by atoms with Crippen LogP contribution in [-0.2, 0) is 4.79 Å². The molecule has 4 rings (SSSR count). The molecule has 3 aliphatic heterocycles. The van der Waals surface area contributed by atoms with E-state index in [9.17, 15) is 9.59 Å². The molecule has 0 N–H and O–H groups in total. The van der Waals surface area contributed by atoms with Gasteiger partial charge in [0.1, 0.15) is 0 Å². The minimum absolute atomic E-state index is 0.0789. The number of amides is 2. The van der Waals surface area contributed by atoms with Crippen LogP contribution in [0.5, 0.6) is 0 Å². The molecule has 3 heterocycles. The topological polar surface area (TPSA) is 43.9 Å². The van der Waals surface area contributed by atoms with Crippen molar-refractivity contribution in [3.8, 4) is 0 Å². The van der Waals surface area contributed by atoms with Crippen molar-refractivity contribution >= 4 is 23.4 Å².